The molecule has 0 saturated carbocycles. The summed E-state index contributed by atoms with van der Waals surface area (Å²) in [5.41, 5.74) is 4.97. The van der Waals surface area contributed by atoms with Gasteiger partial charge in [-0.25, -0.2) is 4.90 Å². The summed E-state index contributed by atoms with van der Waals surface area (Å²) in [7, 11) is 0. The minimum Gasteiger partial charge on any atom is -0.352 e. The molecule has 0 unspecified atom stereocenters. The van der Waals surface area contributed by atoms with Crippen LogP contribution >= 0.6 is 0 Å². The third kappa shape index (κ3) is 3.08. The molecule has 3 aliphatic rings. The van der Waals surface area contributed by atoms with Gasteiger partial charge in [0, 0.05) is 16.8 Å². The molecule has 5 heteroatoms. The maximum Gasteiger partial charge on any atom is 0.240 e. The third-order valence-electron chi connectivity index (χ3n) is 8.33. The van der Waals surface area contributed by atoms with Gasteiger partial charge in [-0.1, -0.05) is 90.5 Å². The molecular formula is C33H26N2O3. The molecule has 4 atom stereocenters. The lowest BCUT2D eigenvalue weighted by Crippen LogP contribution is -2.49. The van der Waals surface area contributed by atoms with E-state index in [2.05, 4.69) is 18.2 Å². The second kappa shape index (κ2) is 8.25. The SMILES string of the molecule is Cc1ccc(N2C(=O)[C@@H]3[C@H](C2=O)[C@H]2C=Cc4c(ccc5ccccc45)N2[C@@H]3C(=O)c2ccccc2)c(C)c1. The van der Waals surface area contributed by atoms with Gasteiger partial charge in [-0.3, -0.25) is 14.4 Å². The largest absolute Gasteiger partial charge is 0.352 e. The number of anilines is 2. The van der Waals surface area contributed by atoms with Crippen molar-refractivity contribution in [3.05, 3.63) is 113 Å². The van der Waals surface area contributed by atoms with E-state index in [1.165, 1.54) is 4.90 Å². The summed E-state index contributed by atoms with van der Waals surface area (Å²) >= 11 is 0. The molecule has 4 aromatic rings. The van der Waals surface area contributed by atoms with Gasteiger partial charge >= 0.3 is 0 Å². The third-order valence-corrected chi connectivity index (χ3v) is 8.33. The smallest absolute Gasteiger partial charge is 0.240 e. The molecule has 2 amide bonds. The molecule has 0 radical (unpaired) electrons. The van der Waals surface area contributed by atoms with Gasteiger partial charge < -0.3 is 4.90 Å². The minimum atomic E-state index is -0.788. The number of ketones is 1. The van der Waals surface area contributed by atoms with E-state index in [1.807, 2.05) is 85.5 Å². The van der Waals surface area contributed by atoms with Gasteiger partial charge in [0.1, 0.15) is 6.04 Å². The van der Waals surface area contributed by atoms with Crippen molar-refractivity contribution in [1.82, 2.24) is 0 Å². The minimum absolute atomic E-state index is 0.138. The average molecular weight is 499 g/mol. The van der Waals surface area contributed by atoms with E-state index in [0.717, 1.165) is 33.2 Å². The lowest BCUT2D eigenvalue weighted by molar-refractivity contribution is -0.122. The van der Waals surface area contributed by atoms with Crippen molar-refractivity contribution in [2.75, 3.05) is 9.80 Å². The molecular weight excluding hydrogens is 472 g/mol. The number of aryl methyl sites for hydroxylation is 2. The van der Waals surface area contributed by atoms with E-state index in [0.29, 0.717) is 11.3 Å². The highest BCUT2D eigenvalue weighted by Gasteiger charge is 2.64. The van der Waals surface area contributed by atoms with E-state index in [4.69, 9.17) is 0 Å². The number of Topliss-reactive ketones (excluding diaryl/α,β-unsaturated/α-hetero) is 1. The fraction of sp³-hybridized carbons (Fsp3) is 0.182. The Balaban J connectivity index is 1.41. The van der Waals surface area contributed by atoms with Crippen molar-refractivity contribution in [3.8, 4) is 0 Å². The number of rotatable bonds is 3. The fourth-order valence-corrected chi connectivity index (χ4v) is 6.69. The number of imide groups is 1. The van der Waals surface area contributed by atoms with Crippen LogP contribution in [0.2, 0.25) is 0 Å². The number of amides is 2. The summed E-state index contributed by atoms with van der Waals surface area (Å²) in [6.45, 7) is 3.90. The normalized spacial score (nSPS) is 23.5. The lowest BCUT2D eigenvalue weighted by atomic mass is 9.86. The van der Waals surface area contributed by atoms with E-state index < -0.39 is 23.9 Å². The topological polar surface area (TPSA) is 57.7 Å². The molecule has 5 nitrogen and oxygen atoms in total. The number of hydrogen-bond donors (Lipinski definition) is 0. The van der Waals surface area contributed by atoms with Crippen LogP contribution < -0.4 is 9.80 Å². The number of carbonyl (C=O) groups excluding carboxylic acids is 3. The van der Waals surface area contributed by atoms with Gasteiger partial charge in [-0.05, 0) is 42.3 Å². The highest BCUT2D eigenvalue weighted by Crippen LogP contribution is 2.51. The highest BCUT2D eigenvalue weighted by molar-refractivity contribution is 6.26. The zero-order valence-corrected chi connectivity index (χ0v) is 21.2. The van der Waals surface area contributed by atoms with Gasteiger partial charge in [-0.15, -0.1) is 0 Å². The van der Waals surface area contributed by atoms with Gasteiger partial charge in [0.2, 0.25) is 11.8 Å². The van der Waals surface area contributed by atoms with E-state index in [9.17, 15) is 14.4 Å². The summed E-state index contributed by atoms with van der Waals surface area (Å²) in [5, 5.41) is 2.19. The number of fused-ring (bicyclic) bond motifs is 7. The number of hydrogen-bond acceptors (Lipinski definition) is 4. The van der Waals surface area contributed by atoms with Crippen molar-refractivity contribution in [2.24, 2.45) is 11.8 Å². The summed E-state index contributed by atoms with van der Waals surface area (Å²) in [5.74, 6) is -2.09. The lowest BCUT2D eigenvalue weighted by Gasteiger charge is -2.37. The van der Waals surface area contributed by atoms with Crippen molar-refractivity contribution < 1.29 is 14.4 Å². The fourth-order valence-electron chi connectivity index (χ4n) is 6.69. The monoisotopic (exact) mass is 498 g/mol. The number of benzene rings is 4. The number of nitrogens with zero attached hydrogens (tertiary/aromatic N) is 2. The molecule has 0 bridgehead atoms. The summed E-state index contributed by atoms with van der Waals surface area (Å²) < 4.78 is 0. The molecule has 0 N–H and O–H groups in total. The Hall–Kier alpha value is -4.51. The quantitative estimate of drug-likeness (QED) is 0.267. The van der Waals surface area contributed by atoms with E-state index in [-0.39, 0.29) is 17.6 Å². The van der Waals surface area contributed by atoms with Gasteiger partial charge in [-0.2, -0.15) is 0 Å². The Morgan fingerprint density at radius 2 is 1.47 bits per heavy atom. The van der Waals surface area contributed by atoms with Gasteiger partial charge in [0.05, 0.1) is 23.6 Å². The first-order chi connectivity index (χ1) is 18.5. The first-order valence-corrected chi connectivity index (χ1v) is 13.0. The molecule has 0 spiro atoms. The molecule has 186 valence electrons. The second-order valence-corrected chi connectivity index (χ2v) is 10.5. The van der Waals surface area contributed by atoms with Crippen LogP contribution in [0.1, 0.15) is 27.0 Å². The molecule has 3 aliphatic heterocycles. The molecule has 0 aliphatic carbocycles. The Morgan fingerprint density at radius 3 is 2.26 bits per heavy atom. The molecule has 2 fully saturated rings. The molecule has 2 saturated heterocycles. The maximum atomic E-state index is 14.2. The Bertz CT molecular complexity index is 1690. The Morgan fingerprint density at radius 1 is 0.763 bits per heavy atom. The van der Waals surface area contributed by atoms with Crippen LogP contribution in [0.25, 0.3) is 16.8 Å². The van der Waals surface area contributed by atoms with Crippen LogP contribution in [0.15, 0.2) is 91.0 Å². The van der Waals surface area contributed by atoms with E-state index >= 15 is 0 Å². The number of carbonyl (C=O) groups is 3. The average Bonchev–Trinajstić information content (AvgIpc) is 3.41. The zero-order valence-electron chi connectivity index (χ0n) is 21.2. The first-order valence-electron chi connectivity index (χ1n) is 13.0. The Kier molecular flexibility index (Phi) is 4.92. The molecule has 0 aromatic heterocycles. The molecule has 7 rings (SSSR count). The summed E-state index contributed by atoms with van der Waals surface area (Å²) in [4.78, 5) is 45.8. The summed E-state index contributed by atoms with van der Waals surface area (Å²) in [6, 6.07) is 25.9. The highest BCUT2D eigenvalue weighted by atomic mass is 16.2. The van der Waals surface area contributed by atoms with Crippen LogP contribution in [0, 0.1) is 25.7 Å². The van der Waals surface area contributed by atoms with E-state index in [1.54, 1.807) is 12.1 Å². The van der Waals surface area contributed by atoms with Crippen molar-refractivity contribution in [2.45, 2.75) is 25.9 Å². The summed E-state index contributed by atoms with van der Waals surface area (Å²) in [6.07, 6.45) is 4.07. The predicted molar refractivity (Wildman–Crippen MR) is 149 cm³/mol. The maximum absolute atomic E-state index is 14.2. The van der Waals surface area contributed by atoms with Crippen LogP contribution in [0.4, 0.5) is 11.4 Å². The first kappa shape index (κ1) is 22.7. The van der Waals surface area contributed by atoms with Crippen LogP contribution in [0.3, 0.4) is 0 Å². The van der Waals surface area contributed by atoms with Gasteiger partial charge in [0.25, 0.3) is 0 Å². The van der Waals surface area contributed by atoms with Crippen LogP contribution in [-0.4, -0.2) is 29.7 Å². The van der Waals surface area contributed by atoms with Crippen molar-refractivity contribution in [3.63, 3.8) is 0 Å². The standard InChI is InChI=1S/C33H26N2O3/c1-19-12-15-25(20(2)18-19)35-32(37)28-27-17-14-24-23-11-7-6-8-21(23)13-16-26(24)34(27)30(29(28)33(35)38)31(36)22-9-4-3-5-10-22/h3-18,27-30H,1-2H3/t27-,28-,29-,30+/m1/s1. The Labute approximate surface area is 221 Å². The van der Waals surface area contributed by atoms with Crippen molar-refractivity contribution >= 4 is 45.8 Å². The second-order valence-electron chi connectivity index (χ2n) is 10.5. The van der Waals surface area contributed by atoms with Crippen LogP contribution in [-0.2, 0) is 9.59 Å². The zero-order chi connectivity index (χ0) is 26.1. The van der Waals surface area contributed by atoms with Crippen molar-refractivity contribution in [1.29, 1.82) is 0 Å². The van der Waals surface area contributed by atoms with Crippen LogP contribution in [0.5, 0.6) is 0 Å². The molecule has 4 aromatic carbocycles. The molecule has 3 heterocycles. The van der Waals surface area contributed by atoms with Gasteiger partial charge in [0.15, 0.2) is 5.78 Å². The molecule has 38 heavy (non-hydrogen) atoms. The predicted octanol–water partition coefficient (Wildman–Crippen LogP) is 5.73.